The number of fused-ring (bicyclic) bond motifs is 2. The predicted molar refractivity (Wildman–Crippen MR) is 124 cm³/mol. The maximum Gasteiger partial charge on any atom is 0.350 e. The predicted octanol–water partition coefficient (Wildman–Crippen LogP) is 4.61. The quantitative estimate of drug-likeness (QED) is 0.573. The lowest BCUT2D eigenvalue weighted by atomic mass is 9.67. The molecule has 180 valence electrons. The fourth-order valence-corrected chi connectivity index (χ4v) is 5.71. The Morgan fingerprint density at radius 3 is 2.41 bits per heavy atom. The summed E-state index contributed by atoms with van der Waals surface area (Å²) in [6.45, 7) is 1.35. The molecule has 1 aromatic carbocycles. The van der Waals surface area contributed by atoms with Crippen molar-refractivity contribution in [2.75, 3.05) is 18.5 Å². The standard InChI is InChI=1S/C25H26FNO6S/c1-2-32-25(31)23-19(12-20(34-23)14-6-8-18(26)9-7-14)27-21(28)13-33-24(30)17-10-15-4-3-5-16(11-17)22(15)29/h6-9,12,15-17H,2-5,10-11,13H2,1H3,(H,27,28)/t15-,16-/m1/s1. The minimum Gasteiger partial charge on any atom is -0.462 e. The summed E-state index contributed by atoms with van der Waals surface area (Å²) in [5, 5.41) is 2.62. The second kappa shape index (κ2) is 10.5. The van der Waals surface area contributed by atoms with Gasteiger partial charge in [-0.3, -0.25) is 14.4 Å². The molecule has 7 nitrogen and oxygen atoms in total. The number of carbonyl (C=O) groups excluding carboxylic acids is 4. The number of Topliss-reactive ketones (excluding diaryl/α,β-unsaturated/α-hetero) is 1. The Hall–Kier alpha value is -3.07. The van der Waals surface area contributed by atoms with E-state index in [9.17, 15) is 23.6 Å². The van der Waals surface area contributed by atoms with Gasteiger partial charge in [0.05, 0.1) is 18.2 Å². The lowest BCUT2D eigenvalue weighted by Crippen LogP contribution is -2.40. The van der Waals surface area contributed by atoms with E-state index in [4.69, 9.17) is 9.47 Å². The van der Waals surface area contributed by atoms with Crippen LogP contribution in [-0.2, 0) is 23.9 Å². The van der Waals surface area contributed by atoms with Crippen molar-refractivity contribution in [3.8, 4) is 10.4 Å². The molecule has 2 bridgehead atoms. The van der Waals surface area contributed by atoms with Crippen LogP contribution in [0.3, 0.4) is 0 Å². The summed E-state index contributed by atoms with van der Waals surface area (Å²) in [6.07, 6.45) is 3.59. The van der Waals surface area contributed by atoms with Crippen molar-refractivity contribution in [1.82, 2.24) is 0 Å². The molecule has 1 aromatic heterocycles. The van der Waals surface area contributed by atoms with E-state index in [-0.39, 0.29) is 46.5 Å². The zero-order valence-corrected chi connectivity index (χ0v) is 19.6. The maximum atomic E-state index is 13.3. The van der Waals surface area contributed by atoms with Crippen LogP contribution >= 0.6 is 11.3 Å². The average Bonchev–Trinajstić information content (AvgIpc) is 3.21. The van der Waals surface area contributed by atoms with Gasteiger partial charge in [-0.05, 0) is 56.4 Å². The van der Waals surface area contributed by atoms with Gasteiger partial charge >= 0.3 is 11.9 Å². The summed E-state index contributed by atoms with van der Waals surface area (Å²) in [6, 6.07) is 7.38. The molecule has 0 aliphatic heterocycles. The van der Waals surface area contributed by atoms with Crippen LogP contribution in [0.2, 0.25) is 0 Å². The van der Waals surface area contributed by atoms with E-state index in [1.807, 2.05) is 0 Å². The van der Waals surface area contributed by atoms with E-state index in [1.165, 1.54) is 12.1 Å². The van der Waals surface area contributed by atoms with Gasteiger partial charge in [-0.2, -0.15) is 0 Å². The van der Waals surface area contributed by atoms with Crippen molar-refractivity contribution in [1.29, 1.82) is 0 Å². The molecule has 2 saturated carbocycles. The third kappa shape index (κ3) is 5.35. The van der Waals surface area contributed by atoms with Gasteiger partial charge in [0.1, 0.15) is 16.5 Å². The van der Waals surface area contributed by atoms with Crippen molar-refractivity contribution in [3.05, 3.63) is 41.0 Å². The first-order chi connectivity index (χ1) is 16.4. The molecular formula is C25H26FNO6S. The molecule has 9 heteroatoms. The lowest BCUT2D eigenvalue weighted by Gasteiger charge is -2.36. The van der Waals surface area contributed by atoms with Gasteiger partial charge in [-0.25, -0.2) is 9.18 Å². The number of benzene rings is 1. The summed E-state index contributed by atoms with van der Waals surface area (Å²) in [5.74, 6) is -2.31. The van der Waals surface area contributed by atoms with E-state index >= 15 is 0 Å². The van der Waals surface area contributed by atoms with Crippen LogP contribution in [0.15, 0.2) is 30.3 Å². The number of esters is 2. The molecule has 1 amide bonds. The Morgan fingerprint density at radius 1 is 1.09 bits per heavy atom. The minimum absolute atomic E-state index is 0.0818. The number of hydrogen-bond donors (Lipinski definition) is 1. The molecule has 4 rings (SSSR count). The number of nitrogens with one attached hydrogen (secondary N) is 1. The molecule has 34 heavy (non-hydrogen) atoms. The zero-order valence-electron chi connectivity index (χ0n) is 18.8. The third-order valence-corrected chi connectivity index (χ3v) is 7.49. The van der Waals surface area contributed by atoms with E-state index in [0.717, 1.165) is 30.6 Å². The largest absolute Gasteiger partial charge is 0.462 e. The van der Waals surface area contributed by atoms with Crippen molar-refractivity contribution < 1.29 is 33.0 Å². The number of amides is 1. The topological polar surface area (TPSA) is 98.8 Å². The van der Waals surface area contributed by atoms with Crippen LogP contribution in [-0.4, -0.2) is 36.8 Å². The van der Waals surface area contributed by atoms with Crippen LogP contribution in [0.1, 0.15) is 48.7 Å². The first kappa shape index (κ1) is 24.1. The molecule has 1 N–H and O–H groups in total. The zero-order chi connectivity index (χ0) is 24.2. The van der Waals surface area contributed by atoms with Gasteiger partial charge in [0.25, 0.3) is 5.91 Å². The normalized spacial score (nSPS) is 21.6. The fraction of sp³-hybridized carbons (Fsp3) is 0.440. The molecule has 0 spiro atoms. The van der Waals surface area contributed by atoms with E-state index in [0.29, 0.717) is 23.3 Å². The van der Waals surface area contributed by atoms with Crippen molar-refractivity contribution in [2.45, 2.75) is 39.0 Å². The van der Waals surface area contributed by atoms with E-state index in [2.05, 4.69) is 5.32 Å². The molecule has 0 saturated heterocycles. The van der Waals surface area contributed by atoms with Gasteiger partial charge in [-0.1, -0.05) is 18.6 Å². The van der Waals surface area contributed by atoms with Crippen molar-refractivity contribution >= 4 is 40.7 Å². The Kier molecular flexibility index (Phi) is 7.41. The summed E-state index contributed by atoms with van der Waals surface area (Å²) in [5.41, 5.74) is 0.919. The van der Waals surface area contributed by atoms with Crippen LogP contribution in [0.5, 0.6) is 0 Å². The fourth-order valence-electron chi connectivity index (χ4n) is 4.70. The molecule has 1 heterocycles. The average molecular weight is 488 g/mol. The minimum atomic E-state index is -0.591. The Morgan fingerprint density at radius 2 is 1.76 bits per heavy atom. The summed E-state index contributed by atoms with van der Waals surface area (Å²) in [7, 11) is 0. The molecule has 0 unspecified atom stereocenters. The van der Waals surface area contributed by atoms with Gasteiger partial charge in [-0.15, -0.1) is 11.3 Å². The highest BCUT2D eigenvalue weighted by Gasteiger charge is 2.41. The summed E-state index contributed by atoms with van der Waals surface area (Å²) >= 11 is 1.11. The Balaban J connectivity index is 1.40. The number of rotatable bonds is 7. The van der Waals surface area contributed by atoms with Crippen molar-refractivity contribution in [2.24, 2.45) is 17.8 Å². The molecule has 2 aromatic rings. The highest BCUT2D eigenvalue weighted by atomic mass is 32.1. The highest BCUT2D eigenvalue weighted by molar-refractivity contribution is 7.18. The number of anilines is 1. The maximum absolute atomic E-state index is 13.3. The monoisotopic (exact) mass is 487 g/mol. The van der Waals surface area contributed by atoms with Gasteiger partial charge in [0, 0.05) is 16.7 Å². The number of carbonyl (C=O) groups is 4. The smallest absolute Gasteiger partial charge is 0.350 e. The third-order valence-electron chi connectivity index (χ3n) is 6.32. The number of ether oxygens (including phenoxy) is 2. The lowest BCUT2D eigenvalue weighted by molar-refractivity contribution is -0.155. The van der Waals surface area contributed by atoms with E-state index < -0.39 is 24.5 Å². The van der Waals surface area contributed by atoms with Crippen LogP contribution in [0, 0.1) is 23.6 Å². The van der Waals surface area contributed by atoms with Crippen LogP contribution in [0.4, 0.5) is 10.1 Å². The molecule has 0 radical (unpaired) electrons. The second-order valence-electron chi connectivity index (χ2n) is 8.63. The molecule has 2 atom stereocenters. The number of ketones is 1. The second-order valence-corrected chi connectivity index (χ2v) is 9.68. The Labute approximate surface area is 200 Å². The van der Waals surface area contributed by atoms with Gasteiger partial charge in [0.15, 0.2) is 6.61 Å². The van der Waals surface area contributed by atoms with Gasteiger partial charge in [0.2, 0.25) is 0 Å². The first-order valence-electron chi connectivity index (χ1n) is 11.4. The highest BCUT2D eigenvalue weighted by Crippen LogP contribution is 2.40. The molecule has 2 aliphatic carbocycles. The molecule has 2 aliphatic rings. The van der Waals surface area contributed by atoms with Crippen LogP contribution in [0.25, 0.3) is 10.4 Å². The molecular weight excluding hydrogens is 461 g/mol. The number of halogens is 1. The number of thiophene rings is 1. The van der Waals surface area contributed by atoms with Crippen LogP contribution < -0.4 is 5.32 Å². The van der Waals surface area contributed by atoms with Gasteiger partial charge < -0.3 is 14.8 Å². The Bertz CT molecular complexity index is 1080. The summed E-state index contributed by atoms with van der Waals surface area (Å²) in [4.78, 5) is 50.6. The molecule has 2 fully saturated rings. The van der Waals surface area contributed by atoms with E-state index in [1.54, 1.807) is 25.1 Å². The first-order valence-corrected chi connectivity index (χ1v) is 12.2. The van der Waals surface area contributed by atoms with Crippen molar-refractivity contribution in [3.63, 3.8) is 0 Å². The SMILES string of the molecule is CCOC(=O)c1sc(-c2ccc(F)cc2)cc1NC(=O)COC(=O)C1C[C@H]2CCC[C@H](C1)C2=O. The number of hydrogen-bond acceptors (Lipinski definition) is 7. The summed E-state index contributed by atoms with van der Waals surface area (Å²) < 4.78 is 23.6.